The predicted octanol–water partition coefficient (Wildman–Crippen LogP) is 4.44. The number of aryl methyl sites for hydroxylation is 2. The molecule has 9 heteroatoms. The van der Waals surface area contributed by atoms with Gasteiger partial charge in [-0.1, -0.05) is 49.7 Å². The number of nitrogens with zero attached hydrogens (tertiary/aromatic N) is 2. The van der Waals surface area contributed by atoms with Crippen molar-refractivity contribution in [1.29, 1.82) is 0 Å². The maximum atomic E-state index is 13.7. The lowest BCUT2D eigenvalue weighted by Gasteiger charge is -2.33. The first-order chi connectivity index (χ1) is 16.4. The molecule has 2 atom stereocenters. The summed E-state index contributed by atoms with van der Waals surface area (Å²) >= 11 is 6.02. The molecule has 2 amide bonds. The quantitative estimate of drug-likeness (QED) is 0.473. The van der Waals surface area contributed by atoms with Gasteiger partial charge >= 0.3 is 0 Å². The van der Waals surface area contributed by atoms with Crippen molar-refractivity contribution in [2.45, 2.75) is 66.1 Å². The average Bonchev–Trinajstić information content (AvgIpc) is 2.79. The fraction of sp³-hybridized carbons (Fsp3) is 0.462. The Labute approximate surface area is 214 Å². The van der Waals surface area contributed by atoms with E-state index in [1.807, 2.05) is 39.8 Å². The average molecular weight is 522 g/mol. The Hall–Kier alpha value is -2.58. The second kappa shape index (κ2) is 12.4. The van der Waals surface area contributed by atoms with Crippen molar-refractivity contribution in [1.82, 2.24) is 10.2 Å². The lowest BCUT2D eigenvalue weighted by atomic mass is 10.1. The van der Waals surface area contributed by atoms with Crippen LogP contribution in [0.15, 0.2) is 42.5 Å². The van der Waals surface area contributed by atoms with Crippen molar-refractivity contribution in [3.63, 3.8) is 0 Å². The highest BCUT2D eigenvalue weighted by atomic mass is 35.5. The molecule has 2 aromatic rings. The fourth-order valence-corrected chi connectivity index (χ4v) is 4.75. The van der Waals surface area contributed by atoms with Gasteiger partial charge in [-0.2, -0.15) is 0 Å². The number of benzene rings is 2. The molecule has 0 heterocycles. The monoisotopic (exact) mass is 521 g/mol. The molecule has 192 valence electrons. The van der Waals surface area contributed by atoms with Gasteiger partial charge in [0, 0.05) is 17.6 Å². The van der Waals surface area contributed by atoms with Gasteiger partial charge in [-0.15, -0.1) is 0 Å². The van der Waals surface area contributed by atoms with E-state index in [4.69, 9.17) is 11.6 Å². The maximum Gasteiger partial charge on any atom is 0.244 e. The molecule has 0 aliphatic carbocycles. The Morgan fingerprint density at radius 3 is 2.20 bits per heavy atom. The molecule has 0 bridgehead atoms. The van der Waals surface area contributed by atoms with Crippen LogP contribution in [0.4, 0.5) is 5.69 Å². The number of hydrogen-bond acceptors (Lipinski definition) is 4. The van der Waals surface area contributed by atoms with Crippen LogP contribution in [-0.2, 0) is 26.2 Å². The third-order valence-electron chi connectivity index (χ3n) is 5.97. The highest BCUT2D eigenvalue weighted by molar-refractivity contribution is 7.92. The molecule has 35 heavy (non-hydrogen) atoms. The van der Waals surface area contributed by atoms with E-state index in [0.717, 1.165) is 33.7 Å². The van der Waals surface area contributed by atoms with Crippen LogP contribution in [0.5, 0.6) is 0 Å². The van der Waals surface area contributed by atoms with Gasteiger partial charge in [-0.25, -0.2) is 8.42 Å². The lowest BCUT2D eigenvalue weighted by molar-refractivity contribution is -0.140. The second-order valence-corrected chi connectivity index (χ2v) is 11.3. The van der Waals surface area contributed by atoms with Crippen molar-refractivity contribution >= 4 is 39.1 Å². The third-order valence-corrected chi connectivity index (χ3v) is 7.34. The van der Waals surface area contributed by atoms with Crippen molar-refractivity contribution in [3.8, 4) is 0 Å². The van der Waals surface area contributed by atoms with Crippen LogP contribution in [0.1, 0.15) is 50.3 Å². The van der Waals surface area contributed by atoms with Crippen molar-refractivity contribution < 1.29 is 18.0 Å². The molecule has 2 rings (SSSR count). The van der Waals surface area contributed by atoms with Gasteiger partial charge in [-0.05, 0) is 68.5 Å². The molecule has 7 nitrogen and oxygen atoms in total. The number of carbonyl (C=O) groups is 2. The molecule has 0 aromatic heterocycles. The highest BCUT2D eigenvalue weighted by Crippen LogP contribution is 2.25. The molecule has 0 saturated heterocycles. The fourth-order valence-electron chi connectivity index (χ4n) is 3.73. The van der Waals surface area contributed by atoms with Gasteiger partial charge in [0.15, 0.2) is 0 Å². The standard InChI is InChI=1S/C26H36ClN3O4S/c1-7-20(5)28-26(32)23(8-2)29(16-21-11-13-22(27)14-12-21)25(31)17-30(35(6,33)34)24-15-18(3)9-10-19(24)4/h9-15,20,23H,7-8,16-17H2,1-6H3,(H,28,32)/t20-,23+/m1/s1. The maximum absolute atomic E-state index is 13.7. The Bertz CT molecular complexity index is 1140. The van der Waals surface area contributed by atoms with Crippen LogP contribution in [0.25, 0.3) is 0 Å². The van der Waals surface area contributed by atoms with Crippen molar-refractivity contribution in [2.24, 2.45) is 0 Å². The molecule has 2 aromatic carbocycles. The number of hydrogen-bond donors (Lipinski definition) is 1. The zero-order valence-corrected chi connectivity index (χ0v) is 22.9. The van der Waals surface area contributed by atoms with Crippen LogP contribution < -0.4 is 9.62 Å². The molecule has 1 N–H and O–H groups in total. The highest BCUT2D eigenvalue weighted by Gasteiger charge is 2.32. The normalized spacial score (nSPS) is 13.1. The SMILES string of the molecule is CC[C@@H](C)NC(=O)[C@H](CC)N(Cc1ccc(Cl)cc1)C(=O)CN(c1cc(C)ccc1C)S(C)(=O)=O. The summed E-state index contributed by atoms with van der Waals surface area (Å²) in [6, 6.07) is 11.7. The number of amides is 2. The zero-order valence-electron chi connectivity index (χ0n) is 21.3. The number of nitrogens with one attached hydrogen (secondary N) is 1. The minimum absolute atomic E-state index is 0.0495. The largest absolute Gasteiger partial charge is 0.352 e. The number of carbonyl (C=O) groups excluding carboxylic acids is 2. The van der Waals surface area contributed by atoms with Gasteiger partial charge in [-0.3, -0.25) is 13.9 Å². The van der Waals surface area contributed by atoms with Gasteiger partial charge in [0.1, 0.15) is 12.6 Å². The molecular formula is C26H36ClN3O4S. The minimum Gasteiger partial charge on any atom is -0.352 e. The molecule has 0 spiro atoms. The summed E-state index contributed by atoms with van der Waals surface area (Å²) in [7, 11) is -3.77. The van der Waals surface area contributed by atoms with Crippen LogP contribution in [0, 0.1) is 13.8 Å². The first-order valence-electron chi connectivity index (χ1n) is 11.8. The molecular weight excluding hydrogens is 486 g/mol. The van der Waals surface area contributed by atoms with E-state index in [1.165, 1.54) is 4.90 Å². The summed E-state index contributed by atoms with van der Waals surface area (Å²) < 4.78 is 26.7. The van der Waals surface area contributed by atoms with Crippen LogP contribution in [-0.4, -0.2) is 50.0 Å². The van der Waals surface area contributed by atoms with E-state index < -0.39 is 28.5 Å². The lowest BCUT2D eigenvalue weighted by Crippen LogP contribution is -2.53. The van der Waals surface area contributed by atoms with Crippen LogP contribution >= 0.6 is 11.6 Å². The Morgan fingerprint density at radius 1 is 1.03 bits per heavy atom. The van der Waals surface area contributed by atoms with E-state index in [-0.39, 0.29) is 18.5 Å². The molecule has 0 unspecified atom stereocenters. The van der Waals surface area contributed by atoms with E-state index in [9.17, 15) is 18.0 Å². The van der Waals surface area contributed by atoms with Crippen molar-refractivity contribution in [2.75, 3.05) is 17.1 Å². The van der Waals surface area contributed by atoms with Gasteiger partial charge in [0.25, 0.3) is 0 Å². The summed E-state index contributed by atoms with van der Waals surface area (Å²) in [5, 5.41) is 3.52. The summed E-state index contributed by atoms with van der Waals surface area (Å²) in [4.78, 5) is 28.3. The van der Waals surface area contributed by atoms with E-state index >= 15 is 0 Å². The van der Waals surface area contributed by atoms with E-state index in [1.54, 1.807) is 37.3 Å². The van der Waals surface area contributed by atoms with Gasteiger partial charge in [0.2, 0.25) is 21.8 Å². The Kier molecular flexibility index (Phi) is 10.2. The van der Waals surface area contributed by atoms with E-state index in [2.05, 4.69) is 5.32 Å². The predicted molar refractivity (Wildman–Crippen MR) is 142 cm³/mol. The summed E-state index contributed by atoms with van der Waals surface area (Å²) in [6.07, 6.45) is 2.21. The Balaban J connectivity index is 2.47. The molecule has 0 fully saturated rings. The van der Waals surface area contributed by atoms with Crippen molar-refractivity contribution in [3.05, 3.63) is 64.2 Å². The molecule has 0 radical (unpaired) electrons. The first-order valence-corrected chi connectivity index (χ1v) is 14.0. The topological polar surface area (TPSA) is 86.8 Å². The number of sulfonamides is 1. The number of rotatable bonds is 11. The van der Waals surface area contributed by atoms with Crippen LogP contribution in [0.3, 0.4) is 0 Å². The smallest absolute Gasteiger partial charge is 0.244 e. The first kappa shape index (κ1) is 28.7. The minimum atomic E-state index is -3.77. The summed E-state index contributed by atoms with van der Waals surface area (Å²) in [5.41, 5.74) is 2.85. The third kappa shape index (κ3) is 7.97. The molecule has 0 aliphatic heterocycles. The van der Waals surface area contributed by atoms with Gasteiger partial charge < -0.3 is 10.2 Å². The van der Waals surface area contributed by atoms with E-state index in [0.29, 0.717) is 17.1 Å². The van der Waals surface area contributed by atoms with Crippen LogP contribution in [0.2, 0.25) is 5.02 Å². The molecule has 0 aliphatic rings. The van der Waals surface area contributed by atoms with Gasteiger partial charge in [0.05, 0.1) is 11.9 Å². The second-order valence-electron chi connectivity index (χ2n) is 8.95. The molecule has 0 saturated carbocycles. The zero-order chi connectivity index (χ0) is 26.3. The number of halogens is 1. The number of anilines is 1. The summed E-state index contributed by atoms with van der Waals surface area (Å²) in [5.74, 6) is -0.723. The Morgan fingerprint density at radius 2 is 1.66 bits per heavy atom. The summed E-state index contributed by atoms with van der Waals surface area (Å²) in [6.45, 7) is 9.11.